The molecule has 2 aromatic carbocycles. The predicted molar refractivity (Wildman–Crippen MR) is 108 cm³/mol. The van der Waals surface area contributed by atoms with Crippen LogP contribution in [0.25, 0.3) is 0 Å². The summed E-state index contributed by atoms with van der Waals surface area (Å²) in [6.45, 7) is 0.222. The minimum Gasteiger partial charge on any atom is -0.454 e. The molecule has 0 spiro atoms. The molecule has 0 amide bonds. The van der Waals surface area contributed by atoms with E-state index in [1.165, 1.54) is 0 Å². The molecule has 0 bridgehead atoms. The SMILES string of the molecule is O=S(=O)(CCc1ccccc1)Nc1ccc(Nc2ccc3c(c2)OCO3)cn1. The summed E-state index contributed by atoms with van der Waals surface area (Å²) in [6, 6.07) is 18.4. The second-order valence-electron chi connectivity index (χ2n) is 6.28. The third-order valence-corrected chi connectivity index (χ3v) is 5.45. The molecule has 1 aliphatic heterocycles. The lowest BCUT2D eigenvalue weighted by molar-refractivity contribution is 0.174. The van der Waals surface area contributed by atoms with Crippen molar-refractivity contribution >= 4 is 27.2 Å². The molecule has 1 aromatic heterocycles. The van der Waals surface area contributed by atoms with Gasteiger partial charge in [-0.1, -0.05) is 30.3 Å². The first-order valence-electron chi connectivity index (χ1n) is 8.75. The number of nitrogens with zero attached hydrogens (tertiary/aromatic N) is 1. The van der Waals surface area contributed by atoms with Crippen molar-refractivity contribution < 1.29 is 17.9 Å². The Hall–Kier alpha value is -3.26. The zero-order chi connectivity index (χ0) is 19.4. The van der Waals surface area contributed by atoms with Gasteiger partial charge in [0, 0.05) is 11.8 Å². The number of aryl methyl sites for hydroxylation is 1. The lowest BCUT2D eigenvalue weighted by Gasteiger charge is -2.10. The number of nitrogens with one attached hydrogen (secondary N) is 2. The molecule has 4 rings (SSSR count). The summed E-state index contributed by atoms with van der Waals surface area (Å²) in [5, 5.41) is 3.20. The smallest absolute Gasteiger partial charge is 0.234 e. The second kappa shape index (κ2) is 7.77. The molecule has 0 fully saturated rings. The van der Waals surface area contributed by atoms with Crippen molar-refractivity contribution in [3.8, 4) is 11.5 Å². The summed E-state index contributed by atoms with van der Waals surface area (Å²) in [4.78, 5) is 4.18. The Morgan fingerprint density at radius 3 is 2.50 bits per heavy atom. The third-order valence-electron chi connectivity index (χ3n) is 4.19. The molecule has 7 nitrogen and oxygen atoms in total. The van der Waals surface area contributed by atoms with E-state index in [0.717, 1.165) is 16.9 Å². The molecule has 0 saturated carbocycles. The Labute approximate surface area is 163 Å². The third kappa shape index (κ3) is 4.52. The van der Waals surface area contributed by atoms with Gasteiger partial charge in [0.1, 0.15) is 5.82 Å². The summed E-state index contributed by atoms with van der Waals surface area (Å²) in [6.07, 6.45) is 2.01. The van der Waals surface area contributed by atoms with Crippen LogP contribution in [0.4, 0.5) is 17.2 Å². The average molecular weight is 397 g/mol. The van der Waals surface area contributed by atoms with Crippen LogP contribution in [0.1, 0.15) is 5.56 Å². The summed E-state index contributed by atoms with van der Waals surface area (Å²) >= 11 is 0. The average Bonchev–Trinajstić information content (AvgIpc) is 3.17. The van der Waals surface area contributed by atoms with Gasteiger partial charge >= 0.3 is 0 Å². The van der Waals surface area contributed by atoms with E-state index in [-0.39, 0.29) is 18.4 Å². The number of benzene rings is 2. The molecule has 0 unspecified atom stereocenters. The van der Waals surface area contributed by atoms with Gasteiger partial charge in [-0.15, -0.1) is 0 Å². The van der Waals surface area contributed by atoms with Gasteiger partial charge in [-0.25, -0.2) is 13.4 Å². The van der Waals surface area contributed by atoms with Crippen LogP contribution in [0.5, 0.6) is 11.5 Å². The van der Waals surface area contributed by atoms with Gasteiger partial charge in [-0.3, -0.25) is 4.72 Å². The Morgan fingerprint density at radius 1 is 0.929 bits per heavy atom. The first kappa shape index (κ1) is 18.1. The van der Waals surface area contributed by atoms with Crippen molar-refractivity contribution in [1.29, 1.82) is 0 Å². The number of fused-ring (bicyclic) bond motifs is 1. The van der Waals surface area contributed by atoms with E-state index >= 15 is 0 Å². The fourth-order valence-electron chi connectivity index (χ4n) is 2.78. The number of pyridine rings is 1. The Kier molecular flexibility index (Phi) is 5.03. The lowest BCUT2D eigenvalue weighted by Crippen LogP contribution is -2.18. The van der Waals surface area contributed by atoms with Crippen LogP contribution in [0.15, 0.2) is 66.9 Å². The van der Waals surface area contributed by atoms with E-state index < -0.39 is 10.0 Å². The highest BCUT2D eigenvalue weighted by molar-refractivity contribution is 7.92. The number of hydrogen-bond acceptors (Lipinski definition) is 6. The maximum atomic E-state index is 12.3. The number of anilines is 3. The highest BCUT2D eigenvalue weighted by Crippen LogP contribution is 2.35. The minimum absolute atomic E-state index is 0.00408. The first-order chi connectivity index (χ1) is 13.6. The molecule has 1 aliphatic rings. The van der Waals surface area contributed by atoms with Gasteiger partial charge in [0.2, 0.25) is 16.8 Å². The standard InChI is InChI=1S/C20H19N3O4S/c24-28(25,11-10-15-4-2-1-3-5-15)23-20-9-7-17(13-21-20)22-16-6-8-18-19(12-16)27-14-26-18/h1-9,12-13,22H,10-11,14H2,(H,21,23). The summed E-state index contributed by atoms with van der Waals surface area (Å²) in [5.74, 6) is 1.67. The first-order valence-corrected chi connectivity index (χ1v) is 10.4. The second-order valence-corrected chi connectivity index (χ2v) is 8.12. The largest absolute Gasteiger partial charge is 0.454 e. The number of sulfonamides is 1. The lowest BCUT2D eigenvalue weighted by atomic mass is 10.2. The van der Waals surface area contributed by atoms with Gasteiger partial charge in [-0.2, -0.15) is 0 Å². The number of ether oxygens (including phenoxy) is 2. The van der Waals surface area contributed by atoms with E-state index in [9.17, 15) is 8.42 Å². The van der Waals surface area contributed by atoms with Crippen molar-refractivity contribution in [2.24, 2.45) is 0 Å². The van der Waals surface area contributed by atoms with Crippen LogP contribution in [-0.2, 0) is 16.4 Å². The van der Waals surface area contributed by atoms with Crippen LogP contribution >= 0.6 is 0 Å². The normalized spacial score (nSPS) is 12.6. The van der Waals surface area contributed by atoms with Gasteiger partial charge in [0.05, 0.1) is 17.6 Å². The molecular weight excluding hydrogens is 378 g/mol. The van der Waals surface area contributed by atoms with Crippen LogP contribution in [0.3, 0.4) is 0 Å². The Morgan fingerprint density at radius 2 is 1.71 bits per heavy atom. The van der Waals surface area contributed by atoms with Crippen molar-refractivity contribution in [3.63, 3.8) is 0 Å². The maximum Gasteiger partial charge on any atom is 0.234 e. The number of hydrogen-bond donors (Lipinski definition) is 2. The van der Waals surface area contributed by atoms with Gasteiger partial charge in [-0.05, 0) is 36.2 Å². The van der Waals surface area contributed by atoms with E-state index in [0.29, 0.717) is 17.9 Å². The van der Waals surface area contributed by atoms with E-state index in [1.807, 2.05) is 48.5 Å². The number of aromatic nitrogens is 1. The molecule has 0 atom stereocenters. The summed E-state index contributed by atoms with van der Waals surface area (Å²) in [5.41, 5.74) is 2.53. The molecule has 28 heavy (non-hydrogen) atoms. The molecule has 3 aromatic rings. The topological polar surface area (TPSA) is 89.6 Å². The molecule has 0 radical (unpaired) electrons. The van der Waals surface area contributed by atoms with Crippen LogP contribution < -0.4 is 19.5 Å². The van der Waals surface area contributed by atoms with Crippen LogP contribution in [0, 0.1) is 0 Å². The predicted octanol–water partition coefficient (Wildman–Crippen LogP) is 3.54. The highest BCUT2D eigenvalue weighted by Gasteiger charge is 2.14. The van der Waals surface area contributed by atoms with Crippen molar-refractivity contribution in [2.75, 3.05) is 22.6 Å². The summed E-state index contributed by atoms with van der Waals surface area (Å²) in [7, 11) is -3.47. The zero-order valence-corrected chi connectivity index (χ0v) is 15.8. The van der Waals surface area contributed by atoms with Gasteiger partial charge < -0.3 is 14.8 Å². The quantitative estimate of drug-likeness (QED) is 0.634. The minimum atomic E-state index is -3.47. The van der Waals surface area contributed by atoms with Crippen molar-refractivity contribution in [3.05, 3.63) is 72.4 Å². The van der Waals surface area contributed by atoms with E-state index in [1.54, 1.807) is 18.3 Å². The zero-order valence-electron chi connectivity index (χ0n) is 15.0. The fourth-order valence-corrected chi connectivity index (χ4v) is 3.82. The Bertz CT molecular complexity index is 1050. The van der Waals surface area contributed by atoms with Crippen molar-refractivity contribution in [2.45, 2.75) is 6.42 Å². The monoisotopic (exact) mass is 397 g/mol. The maximum absolute atomic E-state index is 12.3. The van der Waals surface area contributed by atoms with Gasteiger partial charge in [0.15, 0.2) is 11.5 Å². The Balaban J connectivity index is 1.36. The fraction of sp³-hybridized carbons (Fsp3) is 0.150. The molecule has 0 saturated heterocycles. The summed E-state index contributed by atoms with van der Waals surface area (Å²) < 4.78 is 37.7. The van der Waals surface area contributed by atoms with Gasteiger partial charge in [0.25, 0.3) is 0 Å². The van der Waals surface area contributed by atoms with E-state index in [2.05, 4.69) is 15.0 Å². The van der Waals surface area contributed by atoms with Crippen LogP contribution in [0.2, 0.25) is 0 Å². The molecule has 2 heterocycles. The van der Waals surface area contributed by atoms with Crippen molar-refractivity contribution in [1.82, 2.24) is 4.98 Å². The molecule has 2 N–H and O–H groups in total. The molecule has 0 aliphatic carbocycles. The van der Waals surface area contributed by atoms with Crippen LogP contribution in [-0.4, -0.2) is 25.9 Å². The number of rotatable bonds is 7. The molecule has 8 heteroatoms. The molecule has 144 valence electrons. The van der Waals surface area contributed by atoms with E-state index in [4.69, 9.17) is 9.47 Å². The highest BCUT2D eigenvalue weighted by atomic mass is 32.2. The molecular formula is C20H19N3O4S.